The lowest BCUT2D eigenvalue weighted by Gasteiger charge is -2.16. The van der Waals surface area contributed by atoms with Crippen molar-refractivity contribution >= 4 is 5.91 Å². The van der Waals surface area contributed by atoms with Gasteiger partial charge in [-0.05, 0) is 38.1 Å². The number of amides is 1. The molecule has 0 radical (unpaired) electrons. The Hall–Kier alpha value is -1.59. The van der Waals surface area contributed by atoms with Gasteiger partial charge in [-0.2, -0.15) is 0 Å². The minimum Gasteiger partial charge on any atom is -0.491 e. The highest BCUT2D eigenvalue weighted by molar-refractivity contribution is 5.94. The Kier molecular flexibility index (Phi) is 4.07. The zero-order valence-electron chi connectivity index (χ0n) is 11.1. The number of carbonyl (C=O) groups excluding carboxylic acids is 1. The van der Waals surface area contributed by atoms with Gasteiger partial charge in [0, 0.05) is 18.7 Å². The second-order valence-electron chi connectivity index (χ2n) is 5.04. The fraction of sp³-hybridized carbons (Fsp3) is 0.500. The van der Waals surface area contributed by atoms with Gasteiger partial charge in [0.25, 0.3) is 5.91 Å². The molecule has 2 N–H and O–H groups in total. The molecule has 19 heavy (non-hydrogen) atoms. The first-order valence-corrected chi connectivity index (χ1v) is 6.39. The lowest BCUT2D eigenvalue weighted by Crippen LogP contribution is -2.29. The van der Waals surface area contributed by atoms with Crippen LogP contribution in [0.1, 0.15) is 24.2 Å². The first-order chi connectivity index (χ1) is 8.97. The van der Waals surface area contributed by atoms with Crippen LogP contribution in [0.4, 0.5) is 0 Å². The second kappa shape index (κ2) is 5.59. The molecule has 2 rings (SSSR count). The summed E-state index contributed by atoms with van der Waals surface area (Å²) in [5.41, 5.74) is 0.525. The maximum atomic E-state index is 12.1. The average Bonchev–Trinajstić information content (AvgIpc) is 2.69. The number of hydrogen-bond donors (Lipinski definition) is 2. The van der Waals surface area contributed by atoms with Crippen LogP contribution in [0.2, 0.25) is 0 Å². The van der Waals surface area contributed by atoms with Gasteiger partial charge in [-0.15, -0.1) is 0 Å². The lowest BCUT2D eigenvalue weighted by atomic mass is 10.2. The molecule has 1 aromatic rings. The quantitative estimate of drug-likeness (QED) is 0.842. The van der Waals surface area contributed by atoms with Crippen molar-refractivity contribution < 1.29 is 19.7 Å². The molecule has 1 heterocycles. The number of benzene rings is 1. The van der Waals surface area contributed by atoms with E-state index in [4.69, 9.17) is 4.74 Å². The average molecular weight is 265 g/mol. The van der Waals surface area contributed by atoms with Gasteiger partial charge in [0.1, 0.15) is 5.75 Å². The normalized spacial score (nSPS) is 22.9. The third-order valence-corrected chi connectivity index (χ3v) is 3.02. The van der Waals surface area contributed by atoms with Crippen molar-refractivity contribution in [1.82, 2.24) is 4.90 Å². The third kappa shape index (κ3) is 3.24. The van der Waals surface area contributed by atoms with Gasteiger partial charge >= 0.3 is 0 Å². The molecule has 1 aliphatic heterocycles. The van der Waals surface area contributed by atoms with Crippen molar-refractivity contribution in [3.05, 3.63) is 29.8 Å². The minimum atomic E-state index is -0.854. The van der Waals surface area contributed by atoms with Gasteiger partial charge in [-0.3, -0.25) is 4.79 Å². The molecule has 0 aromatic heterocycles. The van der Waals surface area contributed by atoms with Gasteiger partial charge in [0.05, 0.1) is 18.3 Å². The summed E-state index contributed by atoms with van der Waals surface area (Å²) in [6, 6.07) is 6.88. The molecule has 1 aromatic carbocycles. The zero-order valence-corrected chi connectivity index (χ0v) is 11.1. The Morgan fingerprint density at radius 3 is 2.21 bits per heavy atom. The number of aliphatic hydroxyl groups is 2. The fourth-order valence-corrected chi connectivity index (χ4v) is 2.07. The monoisotopic (exact) mass is 265 g/mol. The summed E-state index contributed by atoms with van der Waals surface area (Å²) in [4.78, 5) is 13.6. The molecule has 2 atom stereocenters. The molecule has 5 heteroatoms. The Morgan fingerprint density at radius 1 is 1.21 bits per heavy atom. The van der Waals surface area contributed by atoms with Crippen molar-refractivity contribution in [2.45, 2.75) is 32.2 Å². The lowest BCUT2D eigenvalue weighted by molar-refractivity contribution is 0.0572. The van der Waals surface area contributed by atoms with E-state index in [2.05, 4.69) is 0 Å². The van der Waals surface area contributed by atoms with E-state index >= 15 is 0 Å². The maximum absolute atomic E-state index is 12.1. The van der Waals surface area contributed by atoms with E-state index in [1.807, 2.05) is 13.8 Å². The Bertz CT molecular complexity index is 433. The van der Waals surface area contributed by atoms with E-state index in [9.17, 15) is 15.0 Å². The number of aliphatic hydroxyl groups excluding tert-OH is 2. The number of carbonyl (C=O) groups is 1. The molecule has 0 unspecified atom stereocenters. The van der Waals surface area contributed by atoms with Gasteiger partial charge in [0.15, 0.2) is 0 Å². The number of rotatable bonds is 3. The van der Waals surface area contributed by atoms with E-state index in [1.165, 1.54) is 4.90 Å². The van der Waals surface area contributed by atoms with Crippen molar-refractivity contribution in [2.24, 2.45) is 0 Å². The molecule has 0 bridgehead atoms. The molecule has 104 valence electrons. The zero-order chi connectivity index (χ0) is 14.0. The number of β-amino-alcohol motifs (C(OH)–C–C–N with tert-alkyl or cyclic N) is 2. The maximum Gasteiger partial charge on any atom is 0.254 e. The second-order valence-corrected chi connectivity index (χ2v) is 5.04. The van der Waals surface area contributed by atoms with Crippen LogP contribution in [0.3, 0.4) is 0 Å². The molecule has 1 aliphatic rings. The van der Waals surface area contributed by atoms with E-state index in [0.29, 0.717) is 11.3 Å². The predicted molar refractivity (Wildman–Crippen MR) is 70.1 cm³/mol. The minimum absolute atomic E-state index is 0.0884. The molecule has 0 saturated carbocycles. The van der Waals surface area contributed by atoms with Gasteiger partial charge < -0.3 is 19.8 Å². The van der Waals surface area contributed by atoms with Crippen molar-refractivity contribution in [2.75, 3.05) is 13.1 Å². The summed E-state index contributed by atoms with van der Waals surface area (Å²) in [5.74, 6) is 0.528. The Morgan fingerprint density at radius 2 is 1.74 bits per heavy atom. The smallest absolute Gasteiger partial charge is 0.254 e. The molecule has 5 nitrogen and oxygen atoms in total. The first-order valence-electron chi connectivity index (χ1n) is 6.39. The van der Waals surface area contributed by atoms with E-state index in [1.54, 1.807) is 24.3 Å². The molecule has 0 spiro atoms. The SMILES string of the molecule is CC(C)Oc1ccc(C(=O)N2C[C@@H](O)[C@@H](O)C2)cc1. The van der Waals surface area contributed by atoms with Crippen LogP contribution in [-0.2, 0) is 0 Å². The molecular weight excluding hydrogens is 246 g/mol. The van der Waals surface area contributed by atoms with Crippen molar-refractivity contribution in [3.63, 3.8) is 0 Å². The summed E-state index contributed by atoms with van der Waals surface area (Å²) in [7, 11) is 0. The molecular formula is C14H19NO4. The van der Waals surface area contributed by atoms with Crippen molar-refractivity contribution in [1.29, 1.82) is 0 Å². The number of hydrogen-bond acceptors (Lipinski definition) is 4. The number of ether oxygens (including phenoxy) is 1. The van der Waals surface area contributed by atoms with Crippen LogP contribution >= 0.6 is 0 Å². The third-order valence-electron chi connectivity index (χ3n) is 3.02. The van der Waals surface area contributed by atoms with Crippen LogP contribution in [0, 0.1) is 0 Å². The molecule has 1 saturated heterocycles. The summed E-state index contributed by atoms with van der Waals surface area (Å²) in [6.45, 7) is 4.21. The Labute approximate surface area is 112 Å². The number of nitrogens with zero attached hydrogens (tertiary/aromatic N) is 1. The van der Waals surface area contributed by atoms with Gasteiger partial charge in [-0.25, -0.2) is 0 Å². The largest absolute Gasteiger partial charge is 0.491 e. The highest BCUT2D eigenvalue weighted by Gasteiger charge is 2.32. The number of likely N-dealkylation sites (tertiary alicyclic amines) is 1. The predicted octanol–water partition coefficient (Wildman–Crippen LogP) is 0.651. The van der Waals surface area contributed by atoms with E-state index < -0.39 is 12.2 Å². The standard InChI is InChI=1S/C14H19NO4/c1-9(2)19-11-5-3-10(4-6-11)14(18)15-7-12(16)13(17)8-15/h3-6,9,12-13,16-17H,7-8H2,1-2H3/t12-,13+. The molecule has 0 aliphatic carbocycles. The summed E-state index contributed by atoms with van der Waals surface area (Å²) < 4.78 is 5.50. The Balaban J connectivity index is 2.04. The van der Waals surface area contributed by atoms with Crippen LogP contribution in [0.5, 0.6) is 5.75 Å². The molecule has 1 amide bonds. The first kappa shape index (κ1) is 13.8. The van der Waals surface area contributed by atoms with Crippen molar-refractivity contribution in [3.8, 4) is 5.75 Å². The van der Waals surface area contributed by atoms with E-state index in [0.717, 1.165) is 0 Å². The van der Waals surface area contributed by atoms with Crippen LogP contribution in [0.15, 0.2) is 24.3 Å². The van der Waals surface area contributed by atoms with Crippen LogP contribution in [-0.4, -0.2) is 52.4 Å². The van der Waals surface area contributed by atoms with E-state index in [-0.39, 0.29) is 25.1 Å². The summed E-state index contributed by atoms with van der Waals surface area (Å²) in [6.07, 6.45) is -1.62. The molecule has 1 fully saturated rings. The highest BCUT2D eigenvalue weighted by atomic mass is 16.5. The highest BCUT2D eigenvalue weighted by Crippen LogP contribution is 2.18. The summed E-state index contributed by atoms with van der Waals surface area (Å²) in [5, 5.41) is 18.9. The fourth-order valence-electron chi connectivity index (χ4n) is 2.07. The van der Waals surface area contributed by atoms with Gasteiger partial charge in [0.2, 0.25) is 0 Å². The summed E-state index contributed by atoms with van der Waals surface area (Å²) >= 11 is 0. The van der Waals surface area contributed by atoms with Crippen LogP contribution < -0.4 is 4.74 Å². The van der Waals surface area contributed by atoms with Gasteiger partial charge in [-0.1, -0.05) is 0 Å². The topological polar surface area (TPSA) is 70.0 Å². The van der Waals surface area contributed by atoms with Crippen LogP contribution in [0.25, 0.3) is 0 Å².